The second-order valence-corrected chi connectivity index (χ2v) is 8.70. The number of imide groups is 1. The number of carboxylic acid groups (broad SMARTS) is 1. The van der Waals surface area contributed by atoms with Crippen molar-refractivity contribution < 1.29 is 38.1 Å². The van der Waals surface area contributed by atoms with Crippen LogP contribution in [0.3, 0.4) is 0 Å². The molecule has 0 bridgehead atoms. The third-order valence-electron chi connectivity index (χ3n) is 4.17. The van der Waals surface area contributed by atoms with E-state index in [0.717, 1.165) is 11.0 Å². The number of nitrogens with zero attached hydrogens (tertiary/aromatic N) is 1. The fraction of sp³-hybridized carbons (Fsp3) is 0.143. The van der Waals surface area contributed by atoms with Crippen molar-refractivity contribution in [3.8, 4) is 11.5 Å². The van der Waals surface area contributed by atoms with Gasteiger partial charge in [0.25, 0.3) is 11.1 Å². The maximum Gasteiger partial charge on any atom is 0.341 e. The number of carbonyl (C=O) groups excluding carboxylic acids is 3. The molecule has 12 heteroatoms. The highest BCUT2D eigenvalue weighted by atomic mass is 127. The normalized spacial score (nSPS) is 14.5. The lowest BCUT2D eigenvalue weighted by Crippen LogP contribution is -2.36. The lowest BCUT2D eigenvalue weighted by Gasteiger charge is -2.13. The number of carboxylic acids is 1. The lowest BCUT2D eigenvalue weighted by atomic mass is 10.2. The molecule has 33 heavy (non-hydrogen) atoms. The smallest absolute Gasteiger partial charge is 0.341 e. The highest BCUT2D eigenvalue weighted by Crippen LogP contribution is 2.37. The van der Waals surface area contributed by atoms with E-state index in [2.05, 4.69) is 5.32 Å². The number of methoxy groups -OCH3 is 1. The minimum Gasteiger partial charge on any atom is -0.493 e. The largest absolute Gasteiger partial charge is 0.493 e. The average Bonchev–Trinajstić information content (AvgIpc) is 2.99. The summed E-state index contributed by atoms with van der Waals surface area (Å²) in [4.78, 5) is 48.9. The molecular formula is C21H16FIN2O7S. The molecule has 2 aromatic rings. The van der Waals surface area contributed by atoms with E-state index in [1.165, 1.54) is 37.5 Å². The third kappa shape index (κ3) is 6.22. The molecule has 3 rings (SSSR count). The molecule has 3 amide bonds. The number of rotatable bonds is 8. The van der Waals surface area contributed by atoms with Crippen molar-refractivity contribution in [2.45, 2.75) is 0 Å². The first-order valence-electron chi connectivity index (χ1n) is 9.21. The summed E-state index contributed by atoms with van der Waals surface area (Å²) in [6.07, 6.45) is 1.46. The second-order valence-electron chi connectivity index (χ2n) is 6.54. The molecule has 0 aliphatic carbocycles. The Morgan fingerprint density at radius 2 is 2.03 bits per heavy atom. The van der Waals surface area contributed by atoms with Gasteiger partial charge in [0.1, 0.15) is 12.4 Å². The number of amides is 3. The van der Waals surface area contributed by atoms with Gasteiger partial charge in [0.05, 0.1) is 15.6 Å². The predicted molar refractivity (Wildman–Crippen MR) is 127 cm³/mol. The van der Waals surface area contributed by atoms with Gasteiger partial charge >= 0.3 is 5.97 Å². The van der Waals surface area contributed by atoms with Gasteiger partial charge in [0.15, 0.2) is 18.1 Å². The van der Waals surface area contributed by atoms with Crippen molar-refractivity contribution in [2.75, 3.05) is 25.6 Å². The number of thioether (sulfide) groups is 1. The fourth-order valence-electron chi connectivity index (χ4n) is 2.80. The Morgan fingerprint density at radius 1 is 1.27 bits per heavy atom. The molecule has 1 aliphatic heterocycles. The average molecular weight is 586 g/mol. The van der Waals surface area contributed by atoms with Crippen molar-refractivity contribution in [3.63, 3.8) is 0 Å². The minimum absolute atomic E-state index is 0.0932. The first-order chi connectivity index (χ1) is 15.7. The summed E-state index contributed by atoms with van der Waals surface area (Å²) in [5.74, 6) is -2.50. The zero-order valence-corrected chi connectivity index (χ0v) is 19.9. The third-order valence-corrected chi connectivity index (χ3v) is 5.88. The van der Waals surface area contributed by atoms with E-state index in [4.69, 9.17) is 14.6 Å². The van der Waals surface area contributed by atoms with Gasteiger partial charge in [-0.1, -0.05) is 6.07 Å². The first kappa shape index (κ1) is 24.5. The van der Waals surface area contributed by atoms with Crippen LogP contribution >= 0.6 is 34.4 Å². The number of aliphatic carboxylic acids is 1. The fourth-order valence-corrected chi connectivity index (χ4v) is 4.41. The van der Waals surface area contributed by atoms with E-state index >= 15 is 0 Å². The Bertz CT molecular complexity index is 1170. The number of benzene rings is 2. The summed E-state index contributed by atoms with van der Waals surface area (Å²) >= 11 is 2.61. The van der Waals surface area contributed by atoms with E-state index in [1.807, 2.05) is 22.6 Å². The first-order valence-corrected chi connectivity index (χ1v) is 11.1. The predicted octanol–water partition coefficient (Wildman–Crippen LogP) is 3.58. The molecule has 0 saturated carbocycles. The number of anilines is 1. The molecule has 0 unspecified atom stereocenters. The second kappa shape index (κ2) is 10.7. The van der Waals surface area contributed by atoms with Crippen molar-refractivity contribution in [1.29, 1.82) is 0 Å². The van der Waals surface area contributed by atoms with Gasteiger partial charge in [-0.05, 0) is 76.3 Å². The molecule has 1 fully saturated rings. The van der Waals surface area contributed by atoms with Crippen LogP contribution < -0.4 is 14.8 Å². The standard InChI is InChI=1S/C21H16FIN2O7S/c1-31-15-6-11(5-14(23)19(15)32-10-18(27)28)7-16-20(29)25(21(30)33-16)9-17(26)24-13-4-2-3-12(22)8-13/h2-8H,9-10H2,1H3,(H,24,26)(H,27,28)/b16-7+. The van der Waals surface area contributed by atoms with Gasteiger partial charge in [-0.25, -0.2) is 9.18 Å². The monoisotopic (exact) mass is 586 g/mol. The van der Waals surface area contributed by atoms with Gasteiger partial charge in [-0.2, -0.15) is 0 Å². The van der Waals surface area contributed by atoms with Crippen LogP contribution in [0.25, 0.3) is 6.08 Å². The van der Waals surface area contributed by atoms with Crippen LogP contribution in [0.1, 0.15) is 5.56 Å². The number of halogens is 2. The summed E-state index contributed by atoms with van der Waals surface area (Å²) in [5, 5.41) is 10.6. The van der Waals surface area contributed by atoms with Crippen LogP contribution in [-0.2, 0) is 14.4 Å². The minimum atomic E-state index is -1.15. The lowest BCUT2D eigenvalue weighted by molar-refractivity contribution is -0.139. The summed E-state index contributed by atoms with van der Waals surface area (Å²) < 4.78 is 24.3. The van der Waals surface area contributed by atoms with Crippen LogP contribution in [0.2, 0.25) is 0 Å². The topological polar surface area (TPSA) is 122 Å². The SMILES string of the molecule is COc1cc(/C=C2/SC(=O)N(CC(=O)Nc3cccc(F)c3)C2=O)cc(I)c1OCC(=O)O. The van der Waals surface area contributed by atoms with E-state index < -0.39 is 42.0 Å². The maximum absolute atomic E-state index is 13.3. The zero-order chi connectivity index (χ0) is 24.1. The summed E-state index contributed by atoms with van der Waals surface area (Å²) in [6.45, 7) is -1.08. The van der Waals surface area contributed by atoms with Crippen molar-refractivity contribution >= 4 is 69.1 Å². The van der Waals surface area contributed by atoms with Gasteiger partial charge in [0, 0.05) is 5.69 Å². The number of nitrogens with one attached hydrogen (secondary N) is 1. The highest BCUT2D eigenvalue weighted by molar-refractivity contribution is 14.1. The summed E-state index contributed by atoms with van der Waals surface area (Å²) in [6, 6.07) is 8.40. The van der Waals surface area contributed by atoms with E-state index in [9.17, 15) is 23.6 Å². The van der Waals surface area contributed by atoms with Crippen molar-refractivity contribution in [2.24, 2.45) is 0 Å². The molecule has 2 N–H and O–H groups in total. The molecule has 0 atom stereocenters. The van der Waals surface area contributed by atoms with Crippen LogP contribution in [0.5, 0.6) is 11.5 Å². The Balaban J connectivity index is 1.75. The zero-order valence-electron chi connectivity index (χ0n) is 17.0. The van der Waals surface area contributed by atoms with Crippen LogP contribution in [0, 0.1) is 9.39 Å². The van der Waals surface area contributed by atoms with Gasteiger partial charge in [-0.15, -0.1) is 0 Å². The Hall–Kier alpha value is -3.13. The van der Waals surface area contributed by atoms with Crippen LogP contribution in [0.4, 0.5) is 14.9 Å². The Morgan fingerprint density at radius 3 is 2.70 bits per heavy atom. The Kier molecular flexibility index (Phi) is 7.92. The molecule has 1 heterocycles. The molecule has 0 radical (unpaired) electrons. The van der Waals surface area contributed by atoms with E-state index in [-0.39, 0.29) is 22.1 Å². The van der Waals surface area contributed by atoms with Gasteiger partial charge in [-0.3, -0.25) is 19.3 Å². The number of ether oxygens (including phenoxy) is 2. The molecule has 1 saturated heterocycles. The number of hydrogen-bond donors (Lipinski definition) is 2. The molecule has 172 valence electrons. The summed E-state index contributed by atoms with van der Waals surface area (Å²) in [7, 11) is 1.38. The molecule has 0 spiro atoms. The van der Waals surface area contributed by atoms with Crippen LogP contribution in [0.15, 0.2) is 41.3 Å². The molecule has 9 nitrogen and oxygen atoms in total. The maximum atomic E-state index is 13.3. The van der Waals surface area contributed by atoms with Gasteiger partial charge in [0.2, 0.25) is 5.91 Å². The van der Waals surface area contributed by atoms with Crippen molar-refractivity contribution in [3.05, 3.63) is 56.3 Å². The molecule has 1 aliphatic rings. The van der Waals surface area contributed by atoms with Gasteiger partial charge < -0.3 is 19.9 Å². The number of carbonyl (C=O) groups is 4. The quantitative estimate of drug-likeness (QED) is 0.356. The van der Waals surface area contributed by atoms with Crippen LogP contribution in [-0.4, -0.2) is 53.3 Å². The Labute approximate surface area is 205 Å². The summed E-state index contributed by atoms with van der Waals surface area (Å²) in [5.41, 5.74) is 0.711. The molecule has 0 aromatic heterocycles. The molecule has 2 aromatic carbocycles. The molecular weight excluding hydrogens is 570 g/mol. The van der Waals surface area contributed by atoms with Crippen molar-refractivity contribution in [1.82, 2.24) is 4.90 Å². The number of hydrogen-bond acceptors (Lipinski definition) is 7. The van der Waals surface area contributed by atoms with E-state index in [1.54, 1.807) is 6.07 Å². The van der Waals surface area contributed by atoms with E-state index in [0.29, 0.717) is 20.9 Å². The highest BCUT2D eigenvalue weighted by Gasteiger charge is 2.36.